The molecule has 0 bridgehead atoms. The molecule has 1 aliphatic rings. The predicted octanol–water partition coefficient (Wildman–Crippen LogP) is 0.123. The maximum Gasteiger partial charge on any atom is 0.259 e. The number of β-amino-alcohol motifs (C(OH)–C–C–N with tert-alkyl or cyclic N) is 1. The molecule has 6 nitrogen and oxygen atoms in total. The van der Waals surface area contributed by atoms with E-state index in [1.807, 2.05) is 4.90 Å². The summed E-state index contributed by atoms with van der Waals surface area (Å²) in [5.41, 5.74) is 0.547. The molecule has 18 heavy (non-hydrogen) atoms. The van der Waals surface area contributed by atoms with Gasteiger partial charge in [0.2, 0.25) is 0 Å². The Hall–Kier alpha value is -1.40. The minimum atomic E-state index is -0.0143. The van der Waals surface area contributed by atoms with Crippen LogP contribution in [-0.2, 0) is 0 Å². The van der Waals surface area contributed by atoms with Gasteiger partial charge in [0.1, 0.15) is 11.3 Å². The van der Waals surface area contributed by atoms with Crippen molar-refractivity contribution in [3.63, 3.8) is 0 Å². The van der Waals surface area contributed by atoms with Crippen molar-refractivity contribution in [1.82, 2.24) is 15.0 Å². The monoisotopic (exact) mass is 253 g/mol. The van der Waals surface area contributed by atoms with Gasteiger partial charge in [-0.2, -0.15) is 0 Å². The van der Waals surface area contributed by atoms with Crippen LogP contribution in [0.15, 0.2) is 10.7 Å². The average Bonchev–Trinajstić information content (AvgIpc) is 2.64. The van der Waals surface area contributed by atoms with Crippen LogP contribution in [0.4, 0.5) is 0 Å². The summed E-state index contributed by atoms with van der Waals surface area (Å²) in [6, 6.07) is 0. The summed E-state index contributed by atoms with van der Waals surface area (Å²) in [5, 5.41) is 12.6. The Morgan fingerprint density at radius 3 is 2.94 bits per heavy atom. The van der Waals surface area contributed by atoms with Gasteiger partial charge in [0.05, 0.1) is 12.8 Å². The molecule has 1 N–H and O–H groups in total. The quantitative estimate of drug-likeness (QED) is 0.828. The normalized spacial score (nSPS) is 17.8. The summed E-state index contributed by atoms with van der Waals surface area (Å²) in [5.74, 6) is 0.552. The summed E-state index contributed by atoms with van der Waals surface area (Å²) in [4.78, 5) is 16.3. The number of carbonyl (C=O) groups is 1. The second-order valence-corrected chi connectivity index (χ2v) is 4.51. The van der Waals surface area contributed by atoms with Crippen molar-refractivity contribution >= 4 is 5.91 Å². The molecule has 1 aliphatic heterocycles. The van der Waals surface area contributed by atoms with Crippen molar-refractivity contribution < 1.29 is 14.4 Å². The lowest BCUT2D eigenvalue weighted by Gasteiger charge is -2.21. The van der Waals surface area contributed by atoms with Gasteiger partial charge in [-0.1, -0.05) is 5.16 Å². The van der Waals surface area contributed by atoms with Crippen LogP contribution in [0.25, 0.3) is 0 Å². The van der Waals surface area contributed by atoms with E-state index in [1.165, 1.54) is 6.20 Å². The first-order valence-corrected chi connectivity index (χ1v) is 6.26. The van der Waals surface area contributed by atoms with Crippen molar-refractivity contribution in [1.29, 1.82) is 0 Å². The van der Waals surface area contributed by atoms with Gasteiger partial charge in [0, 0.05) is 26.2 Å². The van der Waals surface area contributed by atoms with Gasteiger partial charge in [0.25, 0.3) is 5.91 Å². The molecule has 0 saturated carbocycles. The molecule has 1 aromatic rings. The van der Waals surface area contributed by atoms with Crippen molar-refractivity contribution in [3.8, 4) is 0 Å². The van der Waals surface area contributed by atoms with Gasteiger partial charge < -0.3 is 14.5 Å². The summed E-state index contributed by atoms with van der Waals surface area (Å²) in [6.45, 7) is 5.74. The first kappa shape index (κ1) is 13.0. The molecule has 1 amide bonds. The number of aliphatic hydroxyl groups excluding tert-OH is 1. The number of aryl methyl sites for hydroxylation is 1. The second kappa shape index (κ2) is 5.97. The zero-order valence-electron chi connectivity index (χ0n) is 10.6. The Labute approximate surface area is 106 Å². The van der Waals surface area contributed by atoms with Crippen LogP contribution in [0, 0.1) is 6.92 Å². The third-order valence-corrected chi connectivity index (χ3v) is 3.27. The largest absolute Gasteiger partial charge is 0.395 e. The molecule has 2 heterocycles. The Balaban J connectivity index is 1.98. The zero-order valence-corrected chi connectivity index (χ0v) is 10.6. The first-order chi connectivity index (χ1) is 8.72. The number of hydrogen-bond donors (Lipinski definition) is 1. The highest BCUT2D eigenvalue weighted by atomic mass is 16.5. The standard InChI is InChI=1S/C12H19N3O3/c1-10-11(9-13-18-10)12(17)15-4-2-3-14(5-6-15)7-8-16/h9,16H,2-8H2,1H3. The molecule has 1 fully saturated rings. The van der Waals surface area contributed by atoms with Gasteiger partial charge in [0.15, 0.2) is 0 Å². The topological polar surface area (TPSA) is 69.8 Å². The Kier molecular flexibility index (Phi) is 4.33. The molecule has 0 spiro atoms. The van der Waals surface area contributed by atoms with E-state index in [9.17, 15) is 4.79 Å². The van der Waals surface area contributed by atoms with Gasteiger partial charge in [-0.15, -0.1) is 0 Å². The Morgan fingerprint density at radius 1 is 1.44 bits per heavy atom. The number of aliphatic hydroxyl groups is 1. The molecule has 0 unspecified atom stereocenters. The third kappa shape index (κ3) is 2.88. The zero-order chi connectivity index (χ0) is 13.0. The fraction of sp³-hybridized carbons (Fsp3) is 0.667. The van der Waals surface area contributed by atoms with Crippen molar-refractivity contribution in [2.24, 2.45) is 0 Å². The lowest BCUT2D eigenvalue weighted by Crippen LogP contribution is -2.36. The van der Waals surface area contributed by atoms with E-state index in [0.29, 0.717) is 24.4 Å². The number of aromatic nitrogens is 1. The lowest BCUT2D eigenvalue weighted by molar-refractivity contribution is 0.0758. The van der Waals surface area contributed by atoms with Crippen LogP contribution in [0.3, 0.4) is 0 Å². The van der Waals surface area contributed by atoms with Gasteiger partial charge in [-0.25, -0.2) is 0 Å². The Morgan fingerprint density at radius 2 is 2.28 bits per heavy atom. The highest BCUT2D eigenvalue weighted by molar-refractivity contribution is 5.94. The summed E-state index contributed by atoms with van der Waals surface area (Å²) >= 11 is 0. The third-order valence-electron chi connectivity index (χ3n) is 3.27. The molecule has 0 aliphatic carbocycles. The van der Waals surface area contributed by atoms with E-state index < -0.39 is 0 Å². The van der Waals surface area contributed by atoms with Crippen molar-refractivity contribution in [3.05, 3.63) is 17.5 Å². The first-order valence-electron chi connectivity index (χ1n) is 6.26. The summed E-state index contributed by atoms with van der Waals surface area (Å²) < 4.78 is 4.93. The van der Waals surface area contributed by atoms with Crippen LogP contribution in [0.2, 0.25) is 0 Å². The van der Waals surface area contributed by atoms with E-state index in [4.69, 9.17) is 9.63 Å². The van der Waals surface area contributed by atoms with E-state index in [-0.39, 0.29) is 12.5 Å². The molecule has 100 valence electrons. The van der Waals surface area contributed by atoms with Crippen LogP contribution in [-0.4, -0.2) is 65.3 Å². The van der Waals surface area contributed by atoms with Crippen LogP contribution in [0.5, 0.6) is 0 Å². The Bertz CT molecular complexity index is 405. The van der Waals surface area contributed by atoms with E-state index >= 15 is 0 Å². The van der Waals surface area contributed by atoms with Crippen molar-refractivity contribution in [2.45, 2.75) is 13.3 Å². The highest BCUT2D eigenvalue weighted by Gasteiger charge is 2.22. The molecule has 0 atom stereocenters. The van der Waals surface area contributed by atoms with Gasteiger partial charge >= 0.3 is 0 Å². The van der Waals surface area contributed by atoms with E-state index in [0.717, 1.165) is 26.1 Å². The summed E-state index contributed by atoms with van der Waals surface area (Å²) in [6.07, 6.45) is 2.41. The minimum Gasteiger partial charge on any atom is -0.395 e. The van der Waals surface area contributed by atoms with Crippen LogP contribution in [0.1, 0.15) is 22.5 Å². The molecular weight excluding hydrogens is 234 g/mol. The number of hydrogen-bond acceptors (Lipinski definition) is 5. The van der Waals surface area contributed by atoms with Crippen LogP contribution >= 0.6 is 0 Å². The van der Waals surface area contributed by atoms with E-state index in [2.05, 4.69) is 10.1 Å². The maximum atomic E-state index is 12.3. The number of amides is 1. The second-order valence-electron chi connectivity index (χ2n) is 4.51. The number of carbonyl (C=O) groups excluding carboxylic acids is 1. The molecular formula is C12H19N3O3. The van der Waals surface area contributed by atoms with E-state index in [1.54, 1.807) is 6.92 Å². The van der Waals surface area contributed by atoms with Gasteiger partial charge in [-0.3, -0.25) is 9.69 Å². The molecule has 6 heteroatoms. The predicted molar refractivity (Wildman–Crippen MR) is 65.3 cm³/mol. The fourth-order valence-corrected chi connectivity index (χ4v) is 2.21. The summed E-state index contributed by atoms with van der Waals surface area (Å²) in [7, 11) is 0. The SMILES string of the molecule is Cc1oncc1C(=O)N1CCCN(CCO)CC1. The maximum absolute atomic E-state index is 12.3. The van der Waals surface area contributed by atoms with Crippen LogP contribution < -0.4 is 0 Å². The highest BCUT2D eigenvalue weighted by Crippen LogP contribution is 2.12. The van der Waals surface area contributed by atoms with Crippen molar-refractivity contribution in [2.75, 3.05) is 39.3 Å². The molecule has 2 rings (SSSR count). The number of nitrogens with zero attached hydrogens (tertiary/aromatic N) is 3. The number of rotatable bonds is 3. The molecule has 0 aromatic carbocycles. The molecule has 1 saturated heterocycles. The van der Waals surface area contributed by atoms with Gasteiger partial charge in [-0.05, 0) is 19.9 Å². The molecule has 1 aromatic heterocycles. The average molecular weight is 253 g/mol. The lowest BCUT2D eigenvalue weighted by atomic mass is 10.2. The molecule has 0 radical (unpaired) electrons. The fourth-order valence-electron chi connectivity index (χ4n) is 2.21. The minimum absolute atomic E-state index is 0.0143. The smallest absolute Gasteiger partial charge is 0.259 e.